The van der Waals surface area contributed by atoms with E-state index >= 15 is 0 Å². The van der Waals surface area contributed by atoms with E-state index in [1.165, 1.54) is 19.3 Å². The third kappa shape index (κ3) is 11.6. The summed E-state index contributed by atoms with van der Waals surface area (Å²) in [7, 11) is 0. The number of fused-ring (bicyclic) bond motifs is 1. The Labute approximate surface area is 258 Å². The molecule has 0 amide bonds. The number of nitrogens with zero attached hydrogens (tertiary/aromatic N) is 3. The number of nitrogens with one attached hydrogen (secondary N) is 1. The first-order valence-electron chi connectivity index (χ1n) is 13.8. The standard InChI is InChI=1S/C26H28N4O2.2C2HF3O2/c1-3-8-20(9-4-1)19-32-21-11-12-24(31-17-16-30-14-5-2-6-15-30)22(18-21)25-28-23-10-7-13-27-26(23)29-25;2*3-2(4,5)1(6)7/h1,3-4,7-13,18H,2,5-6,14-17,19H2,(H,27,28,29);2*(H,6,7). The van der Waals surface area contributed by atoms with Crippen molar-refractivity contribution in [3.8, 4) is 22.9 Å². The highest BCUT2D eigenvalue weighted by Crippen LogP contribution is 2.33. The third-order valence-electron chi connectivity index (χ3n) is 6.31. The van der Waals surface area contributed by atoms with Crippen LogP contribution in [0.5, 0.6) is 11.5 Å². The molecule has 0 radical (unpaired) electrons. The molecule has 1 aliphatic rings. The molecule has 2 aromatic heterocycles. The van der Waals surface area contributed by atoms with Crippen LogP contribution in [0.1, 0.15) is 24.8 Å². The summed E-state index contributed by atoms with van der Waals surface area (Å²) in [6, 6.07) is 19.9. The Balaban J connectivity index is 0.000000345. The molecular formula is C30H30F6N4O6. The number of alkyl halides is 6. The molecule has 0 spiro atoms. The number of piperidine rings is 1. The molecule has 5 rings (SSSR count). The van der Waals surface area contributed by atoms with Crippen molar-refractivity contribution in [2.45, 2.75) is 38.2 Å². The zero-order chi connectivity index (χ0) is 33.7. The lowest BCUT2D eigenvalue weighted by molar-refractivity contribution is -0.193. The number of pyridine rings is 1. The number of carboxylic acid groups (broad SMARTS) is 2. The second-order valence-electron chi connectivity index (χ2n) is 9.75. The number of carboxylic acids is 2. The summed E-state index contributed by atoms with van der Waals surface area (Å²) in [5.74, 6) is -3.20. The molecule has 0 saturated carbocycles. The maximum atomic E-state index is 10.6. The lowest BCUT2D eigenvalue weighted by Gasteiger charge is -2.26. The Morgan fingerprint density at radius 3 is 2.07 bits per heavy atom. The number of H-pyrrole nitrogens is 1. The van der Waals surface area contributed by atoms with Crippen molar-refractivity contribution in [3.05, 3.63) is 72.4 Å². The van der Waals surface area contributed by atoms with E-state index in [1.54, 1.807) is 6.20 Å². The van der Waals surface area contributed by atoms with Gasteiger partial charge in [-0.3, -0.25) is 4.90 Å². The fourth-order valence-electron chi connectivity index (χ4n) is 4.09. The number of imidazole rings is 1. The van der Waals surface area contributed by atoms with Gasteiger partial charge in [-0.25, -0.2) is 19.6 Å². The lowest BCUT2D eigenvalue weighted by atomic mass is 10.1. The van der Waals surface area contributed by atoms with Crippen LogP contribution in [0, 0.1) is 0 Å². The van der Waals surface area contributed by atoms with Gasteiger partial charge in [0.1, 0.15) is 36.1 Å². The van der Waals surface area contributed by atoms with Crippen LogP contribution in [-0.2, 0) is 16.2 Å². The van der Waals surface area contributed by atoms with E-state index in [4.69, 9.17) is 34.3 Å². The molecule has 4 aromatic rings. The molecule has 3 N–H and O–H groups in total. The summed E-state index contributed by atoms with van der Waals surface area (Å²) in [6.07, 6.45) is -4.50. The molecule has 0 atom stereocenters. The van der Waals surface area contributed by atoms with Crippen molar-refractivity contribution in [1.82, 2.24) is 19.9 Å². The van der Waals surface area contributed by atoms with Crippen LogP contribution in [0.2, 0.25) is 0 Å². The van der Waals surface area contributed by atoms with Gasteiger partial charge in [-0.2, -0.15) is 26.3 Å². The number of halogens is 6. The minimum atomic E-state index is -5.08. The highest BCUT2D eigenvalue weighted by molar-refractivity contribution is 5.78. The van der Waals surface area contributed by atoms with Gasteiger partial charge in [0.05, 0.1) is 5.56 Å². The third-order valence-corrected chi connectivity index (χ3v) is 6.31. The predicted octanol–water partition coefficient (Wildman–Crippen LogP) is 6.34. The highest BCUT2D eigenvalue weighted by atomic mass is 19.4. The normalized spacial score (nSPS) is 13.5. The lowest BCUT2D eigenvalue weighted by Crippen LogP contribution is -2.33. The predicted molar refractivity (Wildman–Crippen MR) is 153 cm³/mol. The largest absolute Gasteiger partial charge is 0.491 e. The number of benzene rings is 2. The fraction of sp³-hybridized carbons (Fsp3) is 0.333. The van der Waals surface area contributed by atoms with Gasteiger partial charge in [-0.05, 0) is 61.8 Å². The van der Waals surface area contributed by atoms with Crippen molar-refractivity contribution in [2.75, 3.05) is 26.2 Å². The van der Waals surface area contributed by atoms with Gasteiger partial charge in [0.25, 0.3) is 0 Å². The smallest absolute Gasteiger partial charge is 0.490 e. The van der Waals surface area contributed by atoms with Gasteiger partial charge in [-0.1, -0.05) is 36.8 Å². The quantitative estimate of drug-likeness (QED) is 0.186. The Morgan fingerprint density at radius 1 is 0.848 bits per heavy atom. The van der Waals surface area contributed by atoms with Crippen LogP contribution < -0.4 is 9.47 Å². The fourth-order valence-corrected chi connectivity index (χ4v) is 4.09. The molecule has 2 aromatic carbocycles. The summed E-state index contributed by atoms with van der Waals surface area (Å²) in [5.41, 5.74) is 3.60. The van der Waals surface area contributed by atoms with E-state index < -0.39 is 24.3 Å². The number of aliphatic carboxylic acids is 2. The number of ether oxygens (including phenoxy) is 2. The number of hydrogen-bond acceptors (Lipinski definition) is 7. The SMILES string of the molecule is O=C(O)C(F)(F)F.O=C(O)C(F)(F)F.c1ccc(COc2ccc(OCCN3CCCCC3)c(-c3nc4cccnc4[nH]3)c2)cc1. The number of hydrogen-bond donors (Lipinski definition) is 3. The maximum absolute atomic E-state index is 10.6. The van der Waals surface area contributed by atoms with Gasteiger partial charge >= 0.3 is 24.3 Å². The summed E-state index contributed by atoms with van der Waals surface area (Å²) in [6.45, 7) is 4.43. The van der Waals surface area contributed by atoms with E-state index in [9.17, 15) is 26.3 Å². The molecule has 0 unspecified atom stereocenters. The number of rotatable bonds is 8. The average Bonchev–Trinajstić information content (AvgIpc) is 3.45. The molecule has 3 heterocycles. The Morgan fingerprint density at radius 2 is 1.48 bits per heavy atom. The van der Waals surface area contributed by atoms with E-state index in [2.05, 4.69) is 27.0 Å². The van der Waals surface area contributed by atoms with Crippen molar-refractivity contribution >= 4 is 23.1 Å². The van der Waals surface area contributed by atoms with Crippen LogP contribution in [0.4, 0.5) is 26.3 Å². The van der Waals surface area contributed by atoms with Crippen LogP contribution in [0.25, 0.3) is 22.6 Å². The van der Waals surface area contributed by atoms with Crippen LogP contribution >= 0.6 is 0 Å². The molecular weight excluding hydrogens is 626 g/mol. The van der Waals surface area contributed by atoms with Crippen LogP contribution in [0.15, 0.2) is 66.9 Å². The highest BCUT2D eigenvalue weighted by Gasteiger charge is 2.38. The topological polar surface area (TPSA) is 138 Å². The molecule has 1 saturated heterocycles. The summed E-state index contributed by atoms with van der Waals surface area (Å²) < 4.78 is 75.8. The Hall–Kier alpha value is -4.86. The summed E-state index contributed by atoms with van der Waals surface area (Å²) in [5, 5.41) is 14.2. The second-order valence-corrected chi connectivity index (χ2v) is 9.75. The minimum absolute atomic E-state index is 0.511. The van der Waals surface area contributed by atoms with Gasteiger partial charge in [-0.15, -0.1) is 0 Å². The first kappa shape index (κ1) is 35.6. The molecule has 46 heavy (non-hydrogen) atoms. The van der Waals surface area contributed by atoms with E-state index in [1.807, 2.05) is 48.5 Å². The van der Waals surface area contributed by atoms with E-state index in [-0.39, 0.29) is 0 Å². The van der Waals surface area contributed by atoms with Gasteiger partial charge in [0.2, 0.25) is 0 Å². The van der Waals surface area contributed by atoms with Crippen LogP contribution in [0.3, 0.4) is 0 Å². The zero-order valence-electron chi connectivity index (χ0n) is 24.1. The molecule has 0 bridgehead atoms. The van der Waals surface area contributed by atoms with Crippen molar-refractivity contribution in [3.63, 3.8) is 0 Å². The van der Waals surface area contributed by atoms with Gasteiger partial charge < -0.3 is 24.7 Å². The second kappa shape index (κ2) is 16.5. The molecule has 1 fully saturated rings. The molecule has 248 valence electrons. The van der Waals surface area contributed by atoms with Crippen molar-refractivity contribution < 1.29 is 55.6 Å². The first-order chi connectivity index (χ1) is 21.7. The minimum Gasteiger partial charge on any atom is -0.491 e. The summed E-state index contributed by atoms with van der Waals surface area (Å²) in [4.78, 5) is 32.7. The van der Waals surface area contributed by atoms with E-state index in [0.29, 0.717) is 13.2 Å². The number of aromatic amines is 1. The number of likely N-dealkylation sites (tertiary alicyclic amines) is 1. The maximum Gasteiger partial charge on any atom is 0.490 e. The first-order valence-corrected chi connectivity index (χ1v) is 13.8. The zero-order valence-corrected chi connectivity index (χ0v) is 24.1. The van der Waals surface area contributed by atoms with Crippen molar-refractivity contribution in [1.29, 1.82) is 0 Å². The molecule has 1 aliphatic heterocycles. The van der Waals surface area contributed by atoms with E-state index in [0.717, 1.165) is 59.2 Å². The molecule has 10 nitrogen and oxygen atoms in total. The summed E-state index contributed by atoms with van der Waals surface area (Å²) >= 11 is 0. The van der Waals surface area contributed by atoms with Crippen molar-refractivity contribution in [2.24, 2.45) is 0 Å². The average molecular weight is 657 g/mol. The van der Waals surface area contributed by atoms with Gasteiger partial charge in [0, 0.05) is 12.7 Å². The molecule has 16 heteroatoms. The molecule has 0 aliphatic carbocycles. The van der Waals surface area contributed by atoms with Gasteiger partial charge in [0.15, 0.2) is 5.65 Å². The number of aromatic nitrogens is 3. The number of carbonyl (C=O) groups is 2. The monoisotopic (exact) mass is 656 g/mol. The Bertz CT molecular complexity index is 1500. The Kier molecular flexibility index (Phi) is 12.7. The van der Waals surface area contributed by atoms with Crippen LogP contribution in [-0.4, -0.2) is 80.6 Å².